The largest absolute Gasteiger partial charge is 0.504 e. The molecule has 1 aromatic carbocycles. The zero-order chi connectivity index (χ0) is 14.8. The van der Waals surface area contributed by atoms with Crippen molar-refractivity contribution in [3.05, 3.63) is 23.8 Å². The lowest BCUT2D eigenvalue weighted by Crippen LogP contribution is -2.34. The number of methoxy groups -OCH3 is 1. The number of nitrogens with one attached hydrogen (secondary N) is 2. The second kappa shape index (κ2) is 9.11. The Morgan fingerprint density at radius 3 is 3.00 bits per heavy atom. The van der Waals surface area contributed by atoms with Gasteiger partial charge in [0.05, 0.1) is 19.4 Å². The highest BCUT2D eigenvalue weighted by Crippen LogP contribution is 2.25. The Bertz CT molecular complexity index is 466. The van der Waals surface area contributed by atoms with Gasteiger partial charge in [0.1, 0.15) is 0 Å². The first kappa shape index (κ1) is 16.2. The SMILES string of the molecule is CCOc1cc(C=NNC(=S)NCCOC)ccc1O. The lowest BCUT2D eigenvalue weighted by molar-refractivity contribution is 0.204. The summed E-state index contributed by atoms with van der Waals surface area (Å²) >= 11 is 5.01. The molecule has 0 amide bonds. The number of rotatable bonds is 7. The fourth-order valence-electron chi connectivity index (χ4n) is 1.35. The Labute approximate surface area is 123 Å². The fourth-order valence-corrected chi connectivity index (χ4v) is 1.51. The number of hydrazone groups is 1. The van der Waals surface area contributed by atoms with Gasteiger partial charge in [-0.25, -0.2) is 0 Å². The van der Waals surface area contributed by atoms with Gasteiger partial charge in [0.2, 0.25) is 0 Å². The van der Waals surface area contributed by atoms with E-state index in [0.29, 0.717) is 30.6 Å². The molecule has 6 nitrogen and oxygen atoms in total. The van der Waals surface area contributed by atoms with Crippen molar-refractivity contribution in [3.63, 3.8) is 0 Å². The molecule has 0 aliphatic rings. The predicted molar refractivity (Wildman–Crippen MR) is 82.5 cm³/mol. The summed E-state index contributed by atoms with van der Waals surface area (Å²) in [6.07, 6.45) is 1.59. The number of benzene rings is 1. The highest BCUT2D eigenvalue weighted by molar-refractivity contribution is 7.80. The van der Waals surface area contributed by atoms with Crippen LogP contribution in [0.3, 0.4) is 0 Å². The van der Waals surface area contributed by atoms with Crippen molar-refractivity contribution in [3.8, 4) is 11.5 Å². The zero-order valence-corrected chi connectivity index (χ0v) is 12.4. The second-order valence-electron chi connectivity index (χ2n) is 3.78. The molecule has 0 radical (unpaired) electrons. The summed E-state index contributed by atoms with van der Waals surface area (Å²) < 4.78 is 10.2. The molecule has 0 aliphatic heterocycles. The molecule has 3 N–H and O–H groups in total. The minimum absolute atomic E-state index is 0.105. The van der Waals surface area contributed by atoms with Crippen molar-refractivity contribution in [2.24, 2.45) is 5.10 Å². The number of ether oxygens (including phenoxy) is 2. The van der Waals surface area contributed by atoms with Gasteiger partial charge in [-0.3, -0.25) is 5.43 Å². The predicted octanol–water partition coefficient (Wildman–Crippen LogP) is 1.24. The molecule has 7 heteroatoms. The van der Waals surface area contributed by atoms with Gasteiger partial charge in [-0.05, 0) is 42.9 Å². The average Bonchev–Trinajstić information content (AvgIpc) is 2.43. The van der Waals surface area contributed by atoms with Crippen LogP contribution in [0.15, 0.2) is 23.3 Å². The maximum Gasteiger partial charge on any atom is 0.187 e. The standard InChI is InChI=1S/C13H19N3O3S/c1-3-19-12-8-10(4-5-11(12)17)9-15-16-13(20)14-6-7-18-2/h4-5,8-9,17H,3,6-7H2,1-2H3,(H2,14,16,20). The van der Waals surface area contributed by atoms with Crippen LogP contribution < -0.4 is 15.5 Å². The van der Waals surface area contributed by atoms with Crippen molar-refractivity contribution in [1.29, 1.82) is 0 Å². The van der Waals surface area contributed by atoms with E-state index in [1.807, 2.05) is 6.92 Å². The lowest BCUT2D eigenvalue weighted by atomic mass is 10.2. The maximum absolute atomic E-state index is 9.57. The van der Waals surface area contributed by atoms with Gasteiger partial charge < -0.3 is 19.9 Å². The van der Waals surface area contributed by atoms with E-state index >= 15 is 0 Å². The Morgan fingerprint density at radius 1 is 1.50 bits per heavy atom. The molecule has 0 atom stereocenters. The fraction of sp³-hybridized carbons (Fsp3) is 0.385. The molecular weight excluding hydrogens is 278 g/mol. The van der Waals surface area contributed by atoms with Gasteiger partial charge >= 0.3 is 0 Å². The first-order valence-corrected chi connectivity index (χ1v) is 6.59. The summed E-state index contributed by atoms with van der Waals surface area (Å²) in [5.74, 6) is 0.533. The van der Waals surface area contributed by atoms with Crippen LogP contribution >= 0.6 is 12.2 Å². The van der Waals surface area contributed by atoms with Crippen LogP contribution in [-0.4, -0.2) is 43.3 Å². The lowest BCUT2D eigenvalue weighted by Gasteiger charge is -2.07. The van der Waals surface area contributed by atoms with E-state index in [9.17, 15) is 5.11 Å². The second-order valence-corrected chi connectivity index (χ2v) is 4.19. The third-order valence-electron chi connectivity index (χ3n) is 2.26. The molecule has 110 valence electrons. The summed E-state index contributed by atoms with van der Waals surface area (Å²) in [5, 5.41) is 16.9. The molecule has 0 unspecified atom stereocenters. The number of hydrogen-bond donors (Lipinski definition) is 3. The van der Waals surface area contributed by atoms with Gasteiger partial charge in [0, 0.05) is 13.7 Å². The summed E-state index contributed by atoms with van der Waals surface area (Å²) in [5.41, 5.74) is 3.48. The van der Waals surface area contributed by atoms with Crippen LogP contribution in [-0.2, 0) is 4.74 Å². The van der Waals surface area contributed by atoms with Crippen LogP contribution in [0, 0.1) is 0 Å². The number of thiocarbonyl (C=S) groups is 1. The van der Waals surface area contributed by atoms with E-state index in [1.165, 1.54) is 0 Å². The van der Waals surface area contributed by atoms with E-state index in [4.69, 9.17) is 21.7 Å². The van der Waals surface area contributed by atoms with Gasteiger partial charge in [0.25, 0.3) is 0 Å². The maximum atomic E-state index is 9.57. The first-order valence-electron chi connectivity index (χ1n) is 6.19. The van der Waals surface area contributed by atoms with Crippen molar-refractivity contribution in [2.45, 2.75) is 6.92 Å². The smallest absolute Gasteiger partial charge is 0.187 e. The van der Waals surface area contributed by atoms with Crippen LogP contribution in [0.1, 0.15) is 12.5 Å². The topological polar surface area (TPSA) is 75.1 Å². The summed E-state index contributed by atoms with van der Waals surface area (Å²) in [6, 6.07) is 4.98. The monoisotopic (exact) mass is 297 g/mol. The van der Waals surface area contributed by atoms with E-state index in [-0.39, 0.29) is 5.75 Å². The van der Waals surface area contributed by atoms with Crippen LogP contribution in [0.2, 0.25) is 0 Å². The Morgan fingerprint density at radius 2 is 2.30 bits per heavy atom. The molecule has 0 aliphatic carbocycles. The molecule has 0 bridgehead atoms. The third-order valence-corrected chi connectivity index (χ3v) is 2.49. The quantitative estimate of drug-likeness (QED) is 0.304. The number of hydrogen-bond acceptors (Lipinski definition) is 5. The molecule has 0 saturated carbocycles. The Balaban J connectivity index is 2.49. The number of aromatic hydroxyl groups is 1. The number of nitrogens with zero attached hydrogens (tertiary/aromatic N) is 1. The van der Waals surface area contributed by atoms with Crippen LogP contribution in [0.5, 0.6) is 11.5 Å². The molecule has 0 heterocycles. The molecule has 0 aromatic heterocycles. The molecule has 1 aromatic rings. The van der Waals surface area contributed by atoms with E-state index < -0.39 is 0 Å². The van der Waals surface area contributed by atoms with Gasteiger partial charge in [-0.2, -0.15) is 5.10 Å². The number of phenols is 1. The van der Waals surface area contributed by atoms with E-state index in [0.717, 1.165) is 5.56 Å². The zero-order valence-electron chi connectivity index (χ0n) is 11.5. The molecular formula is C13H19N3O3S. The molecule has 0 spiro atoms. The Hall–Kier alpha value is -1.86. The van der Waals surface area contributed by atoms with Gasteiger partial charge in [-0.1, -0.05) is 0 Å². The van der Waals surface area contributed by atoms with Gasteiger partial charge in [0.15, 0.2) is 16.6 Å². The number of phenolic OH excluding ortho intramolecular Hbond substituents is 1. The van der Waals surface area contributed by atoms with E-state index in [2.05, 4.69) is 15.8 Å². The molecule has 20 heavy (non-hydrogen) atoms. The highest BCUT2D eigenvalue weighted by atomic mass is 32.1. The third kappa shape index (κ3) is 5.85. The molecule has 0 fully saturated rings. The Kier molecular flexibility index (Phi) is 7.38. The van der Waals surface area contributed by atoms with Crippen molar-refractivity contribution in [2.75, 3.05) is 26.9 Å². The van der Waals surface area contributed by atoms with Crippen molar-refractivity contribution in [1.82, 2.24) is 10.7 Å². The molecule has 1 rings (SSSR count). The molecule has 0 saturated heterocycles. The van der Waals surface area contributed by atoms with Crippen LogP contribution in [0.25, 0.3) is 0 Å². The summed E-state index contributed by atoms with van der Waals surface area (Å²) in [7, 11) is 1.62. The van der Waals surface area contributed by atoms with Crippen LogP contribution in [0.4, 0.5) is 0 Å². The van der Waals surface area contributed by atoms with Gasteiger partial charge in [-0.15, -0.1) is 0 Å². The summed E-state index contributed by atoms with van der Waals surface area (Å²) in [6.45, 7) is 3.53. The first-order chi connectivity index (χ1) is 9.67. The highest BCUT2D eigenvalue weighted by Gasteiger charge is 2.01. The minimum atomic E-state index is 0.105. The van der Waals surface area contributed by atoms with Crippen molar-refractivity contribution < 1.29 is 14.6 Å². The normalized spacial score (nSPS) is 10.5. The van der Waals surface area contributed by atoms with E-state index in [1.54, 1.807) is 31.5 Å². The minimum Gasteiger partial charge on any atom is -0.504 e. The average molecular weight is 297 g/mol. The summed E-state index contributed by atoms with van der Waals surface area (Å²) in [4.78, 5) is 0. The van der Waals surface area contributed by atoms with Crippen molar-refractivity contribution >= 4 is 23.5 Å².